The maximum Gasteiger partial charge on any atom is 0.321 e. The van der Waals surface area contributed by atoms with E-state index < -0.39 is 24.1 Å². The van der Waals surface area contributed by atoms with Crippen molar-refractivity contribution in [3.8, 4) is 5.75 Å². The van der Waals surface area contributed by atoms with Crippen molar-refractivity contribution in [2.24, 2.45) is 0 Å². The lowest BCUT2D eigenvalue weighted by atomic mass is 10.1. The molecule has 0 spiro atoms. The Hall–Kier alpha value is -2.08. The van der Waals surface area contributed by atoms with Gasteiger partial charge < -0.3 is 15.2 Å². The second-order valence-electron chi connectivity index (χ2n) is 4.71. The van der Waals surface area contributed by atoms with Crippen molar-refractivity contribution in [1.29, 1.82) is 0 Å². The Morgan fingerprint density at radius 1 is 1.45 bits per heavy atom. The molecule has 2 rings (SSSR count). The number of ether oxygens (including phenoxy) is 1. The predicted octanol–water partition coefficient (Wildman–Crippen LogP) is 0.889. The van der Waals surface area contributed by atoms with Crippen LogP contribution in [0.3, 0.4) is 0 Å². The Morgan fingerprint density at radius 2 is 2.20 bits per heavy atom. The molecule has 6 heteroatoms. The van der Waals surface area contributed by atoms with Crippen LogP contribution in [0.1, 0.15) is 30.6 Å². The van der Waals surface area contributed by atoms with Crippen LogP contribution < -0.4 is 15.4 Å². The van der Waals surface area contributed by atoms with E-state index in [0.717, 1.165) is 17.5 Å². The van der Waals surface area contributed by atoms with Gasteiger partial charge in [-0.05, 0) is 31.4 Å². The van der Waals surface area contributed by atoms with E-state index in [-0.39, 0.29) is 0 Å². The van der Waals surface area contributed by atoms with E-state index in [1.807, 2.05) is 6.07 Å². The van der Waals surface area contributed by atoms with E-state index in [1.54, 1.807) is 19.1 Å². The monoisotopic (exact) mass is 278 g/mol. The Morgan fingerprint density at radius 3 is 2.90 bits per heavy atom. The summed E-state index contributed by atoms with van der Waals surface area (Å²) in [6.45, 7) is 1.57. The number of carbonyl (C=O) groups is 2. The number of hydrogen-bond acceptors (Lipinski definition) is 4. The summed E-state index contributed by atoms with van der Waals surface area (Å²) in [5.74, 6) is 0.0686. The summed E-state index contributed by atoms with van der Waals surface area (Å²) in [5, 5.41) is 14.3. The SMILES string of the molecule is CNC(=O)NC(=O)C(C)Oc1cccc2c1CCC2O. The summed E-state index contributed by atoms with van der Waals surface area (Å²) in [7, 11) is 1.43. The average Bonchev–Trinajstić information content (AvgIpc) is 2.81. The van der Waals surface area contributed by atoms with Crippen molar-refractivity contribution in [2.45, 2.75) is 32.0 Å². The van der Waals surface area contributed by atoms with E-state index in [1.165, 1.54) is 7.05 Å². The number of imide groups is 1. The first-order chi connectivity index (χ1) is 9.52. The minimum Gasteiger partial charge on any atom is -0.481 e. The average molecular weight is 278 g/mol. The molecule has 0 heterocycles. The molecule has 2 atom stereocenters. The van der Waals surface area contributed by atoms with Gasteiger partial charge in [0, 0.05) is 12.6 Å². The number of aliphatic hydroxyl groups is 1. The molecule has 3 amide bonds. The van der Waals surface area contributed by atoms with E-state index in [2.05, 4.69) is 10.6 Å². The van der Waals surface area contributed by atoms with Crippen LogP contribution in [0.4, 0.5) is 4.79 Å². The molecule has 2 unspecified atom stereocenters. The quantitative estimate of drug-likeness (QED) is 0.766. The largest absolute Gasteiger partial charge is 0.481 e. The molecule has 1 aromatic rings. The van der Waals surface area contributed by atoms with Gasteiger partial charge in [0.05, 0.1) is 6.10 Å². The Kier molecular flexibility index (Phi) is 4.24. The van der Waals surface area contributed by atoms with Gasteiger partial charge in [0.25, 0.3) is 5.91 Å². The number of aliphatic hydroxyl groups excluding tert-OH is 1. The molecule has 3 N–H and O–H groups in total. The third kappa shape index (κ3) is 2.91. The van der Waals surface area contributed by atoms with Crippen molar-refractivity contribution in [3.05, 3.63) is 29.3 Å². The van der Waals surface area contributed by atoms with Crippen LogP contribution in [-0.2, 0) is 11.2 Å². The number of nitrogens with one attached hydrogen (secondary N) is 2. The summed E-state index contributed by atoms with van der Waals surface area (Å²) >= 11 is 0. The predicted molar refractivity (Wildman–Crippen MR) is 72.4 cm³/mol. The number of amides is 3. The molecule has 108 valence electrons. The molecule has 0 saturated carbocycles. The zero-order valence-electron chi connectivity index (χ0n) is 11.5. The van der Waals surface area contributed by atoms with Crippen LogP contribution in [0.15, 0.2) is 18.2 Å². The second-order valence-corrected chi connectivity index (χ2v) is 4.71. The van der Waals surface area contributed by atoms with Gasteiger partial charge in [-0.25, -0.2) is 4.79 Å². The van der Waals surface area contributed by atoms with E-state index in [0.29, 0.717) is 12.2 Å². The van der Waals surface area contributed by atoms with Crippen LogP contribution >= 0.6 is 0 Å². The molecule has 1 aliphatic carbocycles. The van der Waals surface area contributed by atoms with Gasteiger partial charge in [0.15, 0.2) is 6.10 Å². The molecule has 0 aliphatic heterocycles. The first kappa shape index (κ1) is 14.3. The molecule has 1 aromatic carbocycles. The molecule has 0 fully saturated rings. The molecular weight excluding hydrogens is 260 g/mol. The lowest BCUT2D eigenvalue weighted by Crippen LogP contribution is -2.44. The Bertz CT molecular complexity index is 530. The van der Waals surface area contributed by atoms with Gasteiger partial charge in [-0.3, -0.25) is 10.1 Å². The van der Waals surface area contributed by atoms with Gasteiger partial charge in [-0.1, -0.05) is 12.1 Å². The first-order valence-corrected chi connectivity index (χ1v) is 6.52. The van der Waals surface area contributed by atoms with E-state index in [4.69, 9.17) is 4.74 Å². The first-order valence-electron chi connectivity index (χ1n) is 6.52. The zero-order chi connectivity index (χ0) is 14.7. The molecule has 0 saturated heterocycles. The molecule has 1 aliphatic rings. The molecule has 0 bridgehead atoms. The lowest BCUT2D eigenvalue weighted by molar-refractivity contribution is -0.126. The molecule has 6 nitrogen and oxygen atoms in total. The van der Waals surface area contributed by atoms with E-state index >= 15 is 0 Å². The van der Waals surface area contributed by atoms with Gasteiger partial charge in [-0.15, -0.1) is 0 Å². The Balaban J connectivity index is 2.07. The lowest BCUT2D eigenvalue weighted by Gasteiger charge is -2.16. The fourth-order valence-electron chi connectivity index (χ4n) is 2.23. The minimum absolute atomic E-state index is 0.469. The highest BCUT2D eigenvalue weighted by atomic mass is 16.5. The van der Waals surface area contributed by atoms with Crippen LogP contribution in [0.2, 0.25) is 0 Å². The van der Waals surface area contributed by atoms with E-state index in [9.17, 15) is 14.7 Å². The van der Waals surface area contributed by atoms with Crippen molar-refractivity contribution in [3.63, 3.8) is 0 Å². The van der Waals surface area contributed by atoms with Gasteiger partial charge >= 0.3 is 6.03 Å². The summed E-state index contributed by atoms with van der Waals surface area (Å²) in [6.07, 6.45) is 0.116. The normalized spacial score (nSPS) is 18.1. The van der Waals surface area contributed by atoms with Crippen LogP contribution in [0.25, 0.3) is 0 Å². The highest BCUT2D eigenvalue weighted by Gasteiger charge is 2.25. The van der Waals surface area contributed by atoms with Gasteiger partial charge in [-0.2, -0.15) is 0 Å². The highest BCUT2D eigenvalue weighted by molar-refractivity contribution is 5.96. The second kappa shape index (κ2) is 5.92. The highest BCUT2D eigenvalue weighted by Crippen LogP contribution is 2.36. The van der Waals surface area contributed by atoms with Crippen molar-refractivity contribution < 1.29 is 19.4 Å². The summed E-state index contributed by atoms with van der Waals surface area (Å²) < 4.78 is 5.61. The standard InChI is InChI=1S/C14H18N2O4/c1-8(13(18)16-14(19)15-2)20-12-5-3-4-9-10(12)6-7-11(9)17/h3-5,8,11,17H,6-7H2,1-2H3,(H2,15,16,18,19). The topological polar surface area (TPSA) is 87.7 Å². The smallest absolute Gasteiger partial charge is 0.321 e. The fraction of sp³-hybridized carbons (Fsp3) is 0.429. The summed E-state index contributed by atoms with van der Waals surface area (Å²) in [4.78, 5) is 22.8. The number of benzene rings is 1. The maximum atomic E-state index is 11.7. The minimum atomic E-state index is -0.795. The number of carbonyl (C=O) groups excluding carboxylic acids is 2. The van der Waals surface area contributed by atoms with Crippen molar-refractivity contribution in [1.82, 2.24) is 10.6 Å². The number of hydrogen-bond donors (Lipinski definition) is 3. The maximum absolute atomic E-state index is 11.7. The zero-order valence-corrected chi connectivity index (χ0v) is 11.5. The van der Waals surface area contributed by atoms with Crippen molar-refractivity contribution >= 4 is 11.9 Å². The third-order valence-electron chi connectivity index (χ3n) is 3.33. The molecular formula is C14H18N2O4. The Labute approximate surface area is 117 Å². The fourth-order valence-corrected chi connectivity index (χ4v) is 2.23. The molecule has 0 aromatic heterocycles. The molecule has 20 heavy (non-hydrogen) atoms. The number of fused-ring (bicyclic) bond motifs is 1. The molecule has 0 radical (unpaired) electrons. The number of rotatable bonds is 3. The summed E-state index contributed by atoms with van der Waals surface area (Å²) in [6, 6.07) is 4.83. The number of urea groups is 1. The van der Waals surface area contributed by atoms with Gasteiger partial charge in [0.2, 0.25) is 0 Å². The summed E-state index contributed by atoms with van der Waals surface area (Å²) in [5.41, 5.74) is 1.78. The van der Waals surface area contributed by atoms with Crippen LogP contribution in [-0.4, -0.2) is 30.2 Å². The van der Waals surface area contributed by atoms with Crippen molar-refractivity contribution in [2.75, 3.05) is 7.05 Å². The third-order valence-corrected chi connectivity index (χ3v) is 3.33. The van der Waals surface area contributed by atoms with Crippen LogP contribution in [0.5, 0.6) is 5.75 Å². The van der Waals surface area contributed by atoms with Gasteiger partial charge in [0.1, 0.15) is 5.75 Å². The van der Waals surface area contributed by atoms with Crippen LogP contribution in [0, 0.1) is 0 Å².